The van der Waals surface area contributed by atoms with Crippen LogP contribution in [-0.4, -0.2) is 47.7 Å². The van der Waals surface area contributed by atoms with Crippen LogP contribution in [0.25, 0.3) is 5.70 Å². The van der Waals surface area contributed by atoms with E-state index in [4.69, 9.17) is 23.2 Å². The van der Waals surface area contributed by atoms with Crippen molar-refractivity contribution in [3.63, 3.8) is 0 Å². The molecule has 0 bridgehead atoms. The van der Waals surface area contributed by atoms with Crippen molar-refractivity contribution in [2.24, 2.45) is 4.99 Å². The Balaban J connectivity index is 1.91. The van der Waals surface area contributed by atoms with E-state index in [1.807, 2.05) is 36.4 Å². The van der Waals surface area contributed by atoms with Crippen molar-refractivity contribution in [3.05, 3.63) is 87.6 Å². The number of amides is 2. The van der Waals surface area contributed by atoms with Crippen molar-refractivity contribution in [3.8, 4) is 0 Å². The monoisotopic (exact) mass is 501 g/mol. The van der Waals surface area contributed by atoms with E-state index in [0.717, 1.165) is 11.1 Å². The largest absolute Gasteiger partial charge is 0.512 e. The molecule has 0 saturated heterocycles. The van der Waals surface area contributed by atoms with Crippen LogP contribution in [0.5, 0.6) is 0 Å². The Morgan fingerprint density at radius 3 is 2.44 bits per heavy atom. The van der Waals surface area contributed by atoms with E-state index in [2.05, 4.69) is 16.9 Å². The maximum atomic E-state index is 12.6. The van der Waals surface area contributed by atoms with E-state index in [9.17, 15) is 14.7 Å². The van der Waals surface area contributed by atoms with E-state index in [0.29, 0.717) is 47.3 Å². The second kappa shape index (κ2) is 13.6. The van der Waals surface area contributed by atoms with Gasteiger partial charge in [0.2, 0.25) is 6.41 Å². The molecule has 0 aromatic heterocycles. The summed E-state index contributed by atoms with van der Waals surface area (Å²) in [6.45, 7) is 7.71. The number of carbonyl (C=O) groups excluding carboxylic acids is 2. The van der Waals surface area contributed by atoms with E-state index >= 15 is 0 Å². The lowest BCUT2D eigenvalue weighted by molar-refractivity contribution is -0.119. The molecule has 180 valence electrons. The molecule has 0 radical (unpaired) electrons. The molecule has 0 spiro atoms. The molecule has 0 saturated carbocycles. The summed E-state index contributed by atoms with van der Waals surface area (Å²) >= 11 is 12.0. The predicted molar refractivity (Wildman–Crippen MR) is 139 cm³/mol. The smallest absolute Gasteiger partial charge is 0.252 e. The summed E-state index contributed by atoms with van der Waals surface area (Å²) in [6, 6.07) is 14.9. The van der Waals surface area contributed by atoms with Gasteiger partial charge in [0, 0.05) is 12.3 Å². The van der Waals surface area contributed by atoms with Crippen LogP contribution in [0.4, 0.5) is 0 Å². The number of hydrogen-bond acceptors (Lipinski definition) is 4. The topological polar surface area (TPSA) is 82.0 Å². The van der Waals surface area contributed by atoms with Crippen LogP contribution in [0.2, 0.25) is 10.0 Å². The molecule has 0 heterocycles. The highest BCUT2D eigenvalue weighted by Crippen LogP contribution is 2.23. The van der Waals surface area contributed by atoms with Gasteiger partial charge < -0.3 is 15.3 Å². The maximum absolute atomic E-state index is 12.6. The van der Waals surface area contributed by atoms with Crippen molar-refractivity contribution >= 4 is 46.9 Å². The number of hydrogen-bond donors (Lipinski definition) is 2. The van der Waals surface area contributed by atoms with Crippen molar-refractivity contribution in [2.45, 2.75) is 26.7 Å². The lowest BCUT2D eigenvalue weighted by Crippen LogP contribution is -2.36. The molecule has 0 fully saturated rings. The van der Waals surface area contributed by atoms with Crippen LogP contribution in [0.3, 0.4) is 0 Å². The molecule has 0 unspecified atom stereocenters. The van der Waals surface area contributed by atoms with Gasteiger partial charge >= 0.3 is 0 Å². The molecule has 0 aliphatic heterocycles. The number of nitrogens with one attached hydrogen (secondary N) is 1. The van der Waals surface area contributed by atoms with Gasteiger partial charge in [-0.05, 0) is 49.9 Å². The van der Waals surface area contributed by atoms with E-state index in [-0.39, 0.29) is 24.4 Å². The molecule has 2 aromatic rings. The van der Waals surface area contributed by atoms with E-state index < -0.39 is 5.91 Å². The fourth-order valence-electron chi connectivity index (χ4n) is 3.24. The highest BCUT2D eigenvalue weighted by Gasteiger charge is 2.17. The Morgan fingerprint density at radius 2 is 1.82 bits per heavy atom. The molecule has 0 aliphatic rings. The zero-order chi connectivity index (χ0) is 25.1. The van der Waals surface area contributed by atoms with Gasteiger partial charge in [0.1, 0.15) is 0 Å². The van der Waals surface area contributed by atoms with Crippen LogP contribution in [0.15, 0.2) is 71.4 Å². The summed E-state index contributed by atoms with van der Waals surface area (Å²) in [5.41, 5.74) is 3.25. The lowest BCUT2D eigenvalue weighted by atomic mass is 10.1. The van der Waals surface area contributed by atoms with Gasteiger partial charge in [0.05, 0.1) is 40.2 Å². The van der Waals surface area contributed by atoms with Crippen molar-refractivity contribution < 1.29 is 14.7 Å². The molecule has 0 atom stereocenters. The normalized spacial score (nSPS) is 12.1. The standard InChI is InChI=1S/C26H29Cl2N3O3/c1-18(30-19(2)22-9-5-4-6-10-22)15-31(17-32)16-23(20(3)33)26(34)29-13-7-8-21-11-12-24(27)25(28)14-21/h4-6,9-12,14,17,33H,2,7-8,13,15-16H2,1,3H3,(H,29,34)/b23-20-,30-18?. The molecule has 2 amide bonds. The fourth-order valence-corrected chi connectivity index (χ4v) is 3.56. The zero-order valence-electron chi connectivity index (χ0n) is 19.4. The third-order valence-electron chi connectivity index (χ3n) is 5.00. The van der Waals surface area contributed by atoms with Crippen molar-refractivity contribution in [1.82, 2.24) is 10.2 Å². The summed E-state index contributed by atoms with van der Waals surface area (Å²) < 4.78 is 0. The van der Waals surface area contributed by atoms with Crippen LogP contribution in [0, 0.1) is 0 Å². The van der Waals surface area contributed by atoms with Gasteiger partial charge in [-0.1, -0.05) is 66.2 Å². The van der Waals surface area contributed by atoms with Crippen LogP contribution in [0.1, 0.15) is 31.4 Å². The maximum Gasteiger partial charge on any atom is 0.252 e. The van der Waals surface area contributed by atoms with Gasteiger partial charge in [-0.15, -0.1) is 0 Å². The number of aliphatic hydroxyl groups excluding tert-OH is 1. The number of benzene rings is 2. The van der Waals surface area contributed by atoms with Gasteiger partial charge in [-0.2, -0.15) is 0 Å². The quantitative estimate of drug-likeness (QED) is 0.133. The first-order valence-electron chi connectivity index (χ1n) is 10.8. The molecular weight excluding hydrogens is 473 g/mol. The summed E-state index contributed by atoms with van der Waals surface area (Å²) in [5, 5.41) is 13.8. The van der Waals surface area contributed by atoms with Crippen molar-refractivity contribution in [1.29, 1.82) is 0 Å². The average Bonchev–Trinajstić information content (AvgIpc) is 2.81. The number of aliphatic hydroxyl groups is 1. The summed E-state index contributed by atoms with van der Waals surface area (Å²) in [7, 11) is 0. The first kappa shape index (κ1) is 27.2. The van der Waals surface area contributed by atoms with Gasteiger partial charge in [0.25, 0.3) is 5.91 Å². The predicted octanol–water partition coefficient (Wildman–Crippen LogP) is 5.46. The second-order valence-electron chi connectivity index (χ2n) is 7.84. The molecule has 2 rings (SSSR count). The molecule has 2 aromatic carbocycles. The number of carbonyl (C=O) groups is 2. The highest BCUT2D eigenvalue weighted by molar-refractivity contribution is 6.42. The first-order chi connectivity index (χ1) is 16.2. The Kier molecular flexibility index (Phi) is 10.8. The molecule has 34 heavy (non-hydrogen) atoms. The Morgan fingerprint density at radius 1 is 1.12 bits per heavy atom. The van der Waals surface area contributed by atoms with Crippen molar-refractivity contribution in [2.75, 3.05) is 19.6 Å². The highest BCUT2D eigenvalue weighted by atomic mass is 35.5. The van der Waals surface area contributed by atoms with E-state index in [1.54, 1.807) is 19.1 Å². The fraction of sp³-hybridized carbons (Fsp3) is 0.269. The number of rotatable bonds is 12. The third kappa shape index (κ3) is 8.69. The number of allylic oxidation sites excluding steroid dienone is 1. The second-order valence-corrected chi connectivity index (χ2v) is 8.66. The van der Waals surface area contributed by atoms with Gasteiger partial charge in [-0.3, -0.25) is 14.6 Å². The summed E-state index contributed by atoms with van der Waals surface area (Å²) in [5.74, 6) is -0.568. The number of halogens is 2. The minimum absolute atomic E-state index is 0.0465. The first-order valence-corrected chi connectivity index (χ1v) is 11.6. The molecular formula is C26H29Cl2N3O3. The van der Waals surface area contributed by atoms with Gasteiger partial charge in [0.15, 0.2) is 0 Å². The summed E-state index contributed by atoms with van der Waals surface area (Å²) in [6.07, 6.45) is 2.01. The molecule has 6 nitrogen and oxygen atoms in total. The minimum Gasteiger partial charge on any atom is -0.512 e. The number of aryl methyl sites for hydroxylation is 1. The number of nitrogens with zero attached hydrogens (tertiary/aromatic N) is 2. The zero-order valence-corrected chi connectivity index (χ0v) is 20.9. The van der Waals surface area contributed by atoms with Crippen LogP contribution in [-0.2, 0) is 16.0 Å². The number of aliphatic imine (C=N–C) groups is 1. The van der Waals surface area contributed by atoms with Gasteiger partial charge in [-0.25, -0.2) is 0 Å². The Hall–Kier alpha value is -3.09. The average molecular weight is 502 g/mol. The molecule has 0 aliphatic carbocycles. The molecule has 8 heteroatoms. The SMILES string of the molecule is C=C(N=C(C)CN(C=O)C/C(C(=O)NCCCc1ccc(Cl)c(Cl)c1)=C(\C)O)c1ccccc1. The Labute approximate surface area is 210 Å². The minimum atomic E-state index is -0.427. The third-order valence-corrected chi connectivity index (χ3v) is 5.74. The molecule has 2 N–H and O–H groups in total. The Bertz CT molecular complexity index is 1080. The van der Waals surface area contributed by atoms with Crippen LogP contribution < -0.4 is 5.32 Å². The lowest BCUT2D eigenvalue weighted by Gasteiger charge is -2.19. The summed E-state index contributed by atoms with van der Waals surface area (Å²) in [4.78, 5) is 30.1. The van der Waals surface area contributed by atoms with E-state index in [1.165, 1.54) is 11.8 Å². The van der Waals surface area contributed by atoms with Crippen LogP contribution >= 0.6 is 23.2 Å².